The minimum absolute atomic E-state index is 0.00148. The Balaban J connectivity index is 2.77. The highest BCUT2D eigenvalue weighted by molar-refractivity contribution is 5.73. The van der Waals surface area contributed by atoms with Crippen molar-refractivity contribution in [3.63, 3.8) is 0 Å². The van der Waals surface area contributed by atoms with Crippen LogP contribution < -0.4 is 0 Å². The summed E-state index contributed by atoms with van der Waals surface area (Å²) in [5.41, 5.74) is 0. The fourth-order valence-corrected chi connectivity index (χ4v) is 3.18. The Kier molecular flexibility index (Phi) is 6.09. The van der Waals surface area contributed by atoms with Crippen molar-refractivity contribution in [3.05, 3.63) is 0 Å². The second-order valence-corrected chi connectivity index (χ2v) is 5.63. The molecule has 1 aliphatic rings. The Morgan fingerprint density at radius 2 is 1.94 bits per heavy atom. The predicted octanol–water partition coefficient (Wildman–Crippen LogP) is 1.46. The molecule has 1 aliphatic heterocycles. The van der Waals surface area contributed by atoms with Crippen molar-refractivity contribution in [2.24, 2.45) is 11.8 Å². The molecule has 4 nitrogen and oxygen atoms in total. The quantitative estimate of drug-likeness (QED) is 0.697. The number of esters is 1. The second-order valence-electron chi connectivity index (χ2n) is 5.63. The van der Waals surface area contributed by atoms with Gasteiger partial charge in [0.1, 0.15) is 0 Å². The molecule has 1 fully saturated rings. The lowest BCUT2D eigenvalue weighted by atomic mass is 9.80. The van der Waals surface area contributed by atoms with Crippen LogP contribution in [-0.4, -0.2) is 63.2 Å². The summed E-state index contributed by atoms with van der Waals surface area (Å²) in [5.74, 6) is 0.536. The highest BCUT2D eigenvalue weighted by Crippen LogP contribution is 2.29. The molecular weight excluding hydrogens is 228 g/mol. The SMILES string of the molecule is CCC(C(=O)OC)C(C1CCN(C)CC1)N(C)C. The molecule has 1 saturated heterocycles. The van der Waals surface area contributed by atoms with Crippen molar-refractivity contribution >= 4 is 5.97 Å². The number of methoxy groups -OCH3 is 1. The molecule has 18 heavy (non-hydrogen) atoms. The first kappa shape index (κ1) is 15.4. The van der Waals surface area contributed by atoms with Crippen LogP contribution in [0, 0.1) is 11.8 Å². The number of hydrogen-bond acceptors (Lipinski definition) is 4. The van der Waals surface area contributed by atoms with E-state index in [4.69, 9.17) is 4.74 Å². The summed E-state index contributed by atoms with van der Waals surface area (Å²) in [6.07, 6.45) is 3.20. The summed E-state index contributed by atoms with van der Waals surface area (Å²) in [7, 11) is 7.81. The van der Waals surface area contributed by atoms with Crippen molar-refractivity contribution in [2.75, 3.05) is 41.3 Å². The summed E-state index contributed by atoms with van der Waals surface area (Å²) >= 11 is 0. The Labute approximate surface area is 111 Å². The summed E-state index contributed by atoms with van der Waals surface area (Å²) in [6, 6.07) is 0.302. The van der Waals surface area contributed by atoms with Crippen molar-refractivity contribution in [1.82, 2.24) is 9.80 Å². The molecule has 0 amide bonds. The molecule has 106 valence electrons. The fourth-order valence-electron chi connectivity index (χ4n) is 3.18. The van der Waals surface area contributed by atoms with Gasteiger partial charge in [-0.1, -0.05) is 6.92 Å². The number of piperidine rings is 1. The maximum Gasteiger partial charge on any atom is 0.310 e. The van der Waals surface area contributed by atoms with Crippen LogP contribution in [0.4, 0.5) is 0 Å². The first-order valence-corrected chi connectivity index (χ1v) is 6.94. The van der Waals surface area contributed by atoms with Gasteiger partial charge in [0.2, 0.25) is 0 Å². The molecule has 2 atom stereocenters. The standard InChI is InChI=1S/C14H28N2O2/c1-6-12(14(17)18-5)13(15(2)3)11-7-9-16(4)10-8-11/h11-13H,6-10H2,1-5H3. The zero-order valence-electron chi connectivity index (χ0n) is 12.5. The van der Waals surface area contributed by atoms with E-state index in [2.05, 4.69) is 37.9 Å². The average molecular weight is 256 g/mol. The number of likely N-dealkylation sites (tertiary alicyclic amines) is 1. The van der Waals surface area contributed by atoms with E-state index in [9.17, 15) is 4.79 Å². The third-order valence-electron chi connectivity index (χ3n) is 4.20. The average Bonchev–Trinajstić information content (AvgIpc) is 2.36. The van der Waals surface area contributed by atoms with Gasteiger partial charge in [0, 0.05) is 6.04 Å². The Morgan fingerprint density at radius 3 is 2.33 bits per heavy atom. The number of hydrogen-bond donors (Lipinski definition) is 0. The normalized spacial score (nSPS) is 21.9. The highest BCUT2D eigenvalue weighted by Gasteiger charge is 2.36. The largest absolute Gasteiger partial charge is 0.469 e. The van der Waals surface area contributed by atoms with Gasteiger partial charge in [-0.25, -0.2) is 0 Å². The Hall–Kier alpha value is -0.610. The van der Waals surface area contributed by atoms with Crippen LogP contribution in [0.25, 0.3) is 0 Å². The molecule has 0 aromatic heterocycles. The van der Waals surface area contributed by atoms with Crippen molar-refractivity contribution in [1.29, 1.82) is 0 Å². The summed E-state index contributed by atoms with van der Waals surface area (Å²) in [5, 5.41) is 0. The lowest BCUT2D eigenvalue weighted by molar-refractivity contribution is -0.149. The van der Waals surface area contributed by atoms with E-state index in [0.29, 0.717) is 12.0 Å². The summed E-state index contributed by atoms with van der Waals surface area (Å²) < 4.78 is 4.97. The van der Waals surface area contributed by atoms with E-state index in [-0.39, 0.29) is 11.9 Å². The van der Waals surface area contributed by atoms with E-state index in [1.807, 2.05) is 0 Å². The highest BCUT2D eigenvalue weighted by atomic mass is 16.5. The molecule has 0 N–H and O–H groups in total. The molecule has 0 saturated carbocycles. The van der Waals surface area contributed by atoms with Crippen molar-refractivity contribution < 1.29 is 9.53 Å². The van der Waals surface area contributed by atoms with Gasteiger partial charge in [-0.2, -0.15) is 0 Å². The predicted molar refractivity (Wildman–Crippen MR) is 73.5 cm³/mol. The Bertz CT molecular complexity index is 261. The van der Waals surface area contributed by atoms with Crippen LogP contribution >= 0.6 is 0 Å². The van der Waals surface area contributed by atoms with E-state index < -0.39 is 0 Å². The number of nitrogens with zero attached hydrogens (tertiary/aromatic N) is 2. The van der Waals surface area contributed by atoms with Crippen molar-refractivity contribution in [2.45, 2.75) is 32.2 Å². The van der Waals surface area contributed by atoms with Crippen LogP contribution in [0.1, 0.15) is 26.2 Å². The minimum Gasteiger partial charge on any atom is -0.469 e. The molecular formula is C14H28N2O2. The van der Waals surface area contributed by atoms with E-state index in [1.54, 1.807) is 0 Å². The van der Waals surface area contributed by atoms with Crippen LogP contribution in [0.5, 0.6) is 0 Å². The van der Waals surface area contributed by atoms with Crippen LogP contribution in [0.15, 0.2) is 0 Å². The molecule has 0 spiro atoms. The Morgan fingerprint density at radius 1 is 1.39 bits per heavy atom. The third-order valence-corrected chi connectivity index (χ3v) is 4.20. The summed E-state index contributed by atoms with van der Waals surface area (Å²) in [6.45, 7) is 4.34. The van der Waals surface area contributed by atoms with Gasteiger partial charge in [0.25, 0.3) is 0 Å². The zero-order chi connectivity index (χ0) is 13.7. The molecule has 0 aromatic rings. The molecule has 1 heterocycles. The van der Waals surface area contributed by atoms with Crippen molar-refractivity contribution in [3.8, 4) is 0 Å². The number of carbonyl (C=O) groups excluding carboxylic acids is 1. The molecule has 0 aromatic carbocycles. The van der Waals surface area contributed by atoms with Crippen LogP contribution in [0.3, 0.4) is 0 Å². The van der Waals surface area contributed by atoms with Gasteiger partial charge in [-0.05, 0) is 59.4 Å². The minimum atomic E-state index is -0.0601. The first-order chi connectivity index (χ1) is 8.51. The number of ether oxygens (including phenoxy) is 1. The maximum atomic E-state index is 11.9. The van der Waals surface area contributed by atoms with E-state index >= 15 is 0 Å². The molecule has 0 radical (unpaired) electrons. The fraction of sp³-hybridized carbons (Fsp3) is 0.929. The van der Waals surface area contributed by atoms with E-state index in [0.717, 1.165) is 19.5 Å². The van der Waals surface area contributed by atoms with Gasteiger partial charge in [-0.3, -0.25) is 4.79 Å². The van der Waals surface area contributed by atoms with Gasteiger partial charge in [0.15, 0.2) is 0 Å². The topological polar surface area (TPSA) is 32.8 Å². The number of carbonyl (C=O) groups is 1. The second kappa shape index (κ2) is 7.10. The lowest BCUT2D eigenvalue weighted by Gasteiger charge is -2.40. The molecule has 0 bridgehead atoms. The smallest absolute Gasteiger partial charge is 0.310 e. The molecule has 0 aliphatic carbocycles. The zero-order valence-corrected chi connectivity index (χ0v) is 12.5. The monoisotopic (exact) mass is 256 g/mol. The summed E-state index contributed by atoms with van der Waals surface area (Å²) in [4.78, 5) is 16.5. The van der Waals surface area contributed by atoms with Gasteiger partial charge in [-0.15, -0.1) is 0 Å². The van der Waals surface area contributed by atoms with Gasteiger partial charge >= 0.3 is 5.97 Å². The van der Waals surface area contributed by atoms with Crippen LogP contribution in [0.2, 0.25) is 0 Å². The van der Waals surface area contributed by atoms with Crippen LogP contribution in [-0.2, 0) is 9.53 Å². The first-order valence-electron chi connectivity index (χ1n) is 6.94. The van der Waals surface area contributed by atoms with Gasteiger partial charge in [0.05, 0.1) is 13.0 Å². The molecule has 2 unspecified atom stereocenters. The third kappa shape index (κ3) is 3.69. The number of rotatable bonds is 5. The lowest BCUT2D eigenvalue weighted by Crippen LogP contribution is -2.48. The molecule has 4 heteroatoms. The van der Waals surface area contributed by atoms with E-state index in [1.165, 1.54) is 20.0 Å². The maximum absolute atomic E-state index is 11.9. The molecule has 1 rings (SSSR count). The van der Waals surface area contributed by atoms with Gasteiger partial charge < -0.3 is 14.5 Å².